The summed E-state index contributed by atoms with van der Waals surface area (Å²) in [4.78, 5) is 6.55. The lowest BCUT2D eigenvalue weighted by molar-refractivity contribution is 0.407. The Morgan fingerprint density at radius 2 is 1.90 bits per heavy atom. The smallest absolute Gasteiger partial charge is 0.173 e. The van der Waals surface area contributed by atoms with Crippen molar-refractivity contribution in [3.8, 4) is 0 Å². The molecule has 5 rings (SSSR count). The van der Waals surface area contributed by atoms with Gasteiger partial charge >= 0.3 is 0 Å². The number of imidazole rings is 1. The van der Waals surface area contributed by atoms with Crippen LogP contribution < -0.4 is 15.5 Å². The number of hydrogen-bond donors (Lipinski definition) is 2. The predicted molar refractivity (Wildman–Crippen MR) is 123 cm³/mol. The summed E-state index contributed by atoms with van der Waals surface area (Å²) in [5.74, 6) is 0.195. The molecular formula is C22H25ClFN7. The SMILES string of the molecule is Cc1cn2cc(Nc3nn(C)c4cc(N5C[C@H](C)N[C@@H](C)C5)cc(Cl)c34)cc(F)c2n1. The first-order chi connectivity index (χ1) is 14.8. The first kappa shape index (κ1) is 20.1. The average Bonchev–Trinajstić information content (AvgIpc) is 3.21. The molecule has 2 N–H and O–H groups in total. The molecule has 0 bridgehead atoms. The highest BCUT2D eigenvalue weighted by Crippen LogP contribution is 2.36. The van der Waals surface area contributed by atoms with E-state index in [0.717, 1.165) is 35.4 Å². The van der Waals surface area contributed by atoms with Crippen LogP contribution in [0.2, 0.25) is 5.02 Å². The number of nitrogens with one attached hydrogen (secondary N) is 2. The van der Waals surface area contributed by atoms with Crippen LogP contribution in [0.1, 0.15) is 19.5 Å². The number of anilines is 3. The number of nitrogens with zero attached hydrogens (tertiary/aromatic N) is 5. The van der Waals surface area contributed by atoms with Crippen molar-refractivity contribution in [1.82, 2.24) is 24.5 Å². The van der Waals surface area contributed by atoms with E-state index in [9.17, 15) is 4.39 Å². The molecular weight excluding hydrogens is 417 g/mol. The highest BCUT2D eigenvalue weighted by molar-refractivity contribution is 6.37. The molecule has 1 aromatic carbocycles. The molecule has 7 nitrogen and oxygen atoms in total. The van der Waals surface area contributed by atoms with Gasteiger partial charge in [-0.2, -0.15) is 5.10 Å². The van der Waals surface area contributed by atoms with Crippen LogP contribution in [0.5, 0.6) is 0 Å². The molecule has 0 aliphatic carbocycles. The summed E-state index contributed by atoms with van der Waals surface area (Å²) in [6.45, 7) is 8.04. The topological polar surface area (TPSA) is 62.4 Å². The molecule has 1 saturated heterocycles. The fourth-order valence-electron chi connectivity index (χ4n) is 4.51. The zero-order valence-electron chi connectivity index (χ0n) is 17.9. The normalized spacial score (nSPS) is 19.5. The monoisotopic (exact) mass is 441 g/mol. The van der Waals surface area contributed by atoms with Crippen LogP contribution in [0.4, 0.5) is 21.6 Å². The molecule has 9 heteroatoms. The summed E-state index contributed by atoms with van der Waals surface area (Å²) in [6, 6.07) is 6.34. The van der Waals surface area contributed by atoms with Gasteiger partial charge in [0.2, 0.25) is 0 Å². The van der Waals surface area contributed by atoms with Crippen LogP contribution in [0, 0.1) is 12.7 Å². The summed E-state index contributed by atoms with van der Waals surface area (Å²) >= 11 is 6.74. The van der Waals surface area contributed by atoms with Gasteiger partial charge in [-0.15, -0.1) is 0 Å². The van der Waals surface area contributed by atoms with Gasteiger partial charge in [0, 0.05) is 56.4 Å². The van der Waals surface area contributed by atoms with Crippen LogP contribution in [-0.2, 0) is 7.05 Å². The fourth-order valence-corrected chi connectivity index (χ4v) is 4.81. The van der Waals surface area contributed by atoms with E-state index < -0.39 is 5.82 Å². The minimum absolute atomic E-state index is 0.302. The Kier molecular flexibility index (Phi) is 4.79. The third-order valence-corrected chi connectivity index (χ3v) is 6.00. The molecule has 1 aliphatic rings. The van der Waals surface area contributed by atoms with Crippen molar-refractivity contribution in [2.45, 2.75) is 32.9 Å². The summed E-state index contributed by atoms with van der Waals surface area (Å²) in [5.41, 5.74) is 3.63. The molecule has 0 saturated carbocycles. The molecule has 162 valence electrons. The second-order valence-corrected chi connectivity index (χ2v) is 8.89. The zero-order valence-corrected chi connectivity index (χ0v) is 18.7. The maximum atomic E-state index is 14.5. The predicted octanol–water partition coefficient (Wildman–Crippen LogP) is 4.25. The first-order valence-corrected chi connectivity index (χ1v) is 10.8. The summed E-state index contributed by atoms with van der Waals surface area (Å²) in [5, 5.41) is 12.8. The summed E-state index contributed by atoms with van der Waals surface area (Å²) < 4.78 is 18.0. The summed E-state index contributed by atoms with van der Waals surface area (Å²) in [7, 11) is 1.89. The van der Waals surface area contributed by atoms with Crippen molar-refractivity contribution in [3.63, 3.8) is 0 Å². The lowest BCUT2D eigenvalue weighted by Crippen LogP contribution is -2.54. The highest BCUT2D eigenvalue weighted by atomic mass is 35.5. The Morgan fingerprint density at radius 3 is 2.65 bits per heavy atom. The largest absolute Gasteiger partial charge is 0.368 e. The molecule has 0 amide bonds. The van der Waals surface area contributed by atoms with Crippen molar-refractivity contribution >= 4 is 45.3 Å². The van der Waals surface area contributed by atoms with Gasteiger partial charge in [-0.25, -0.2) is 9.37 Å². The van der Waals surface area contributed by atoms with E-state index in [1.807, 2.05) is 20.0 Å². The van der Waals surface area contributed by atoms with Gasteiger partial charge in [-0.3, -0.25) is 4.68 Å². The van der Waals surface area contributed by atoms with Gasteiger partial charge in [-0.05, 0) is 32.9 Å². The van der Waals surface area contributed by atoms with Crippen LogP contribution in [0.25, 0.3) is 16.6 Å². The lowest BCUT2D eigenvalue weighted by atomic mass is 10.1. The molecule has 3 aromatic heterocycles. The molecule has 2 atom stereocenters. The van der Waals surface area contributed by atoms with Crippen molar-refractivity contribution < 1.29 is 4.39 Å². The lowest BCUT2D eigenvalue weighted by Gasteiger charge is -2.37. The number of rotatable bonds is 3. The van der Waals surface area contributed by atoms with E-state index in [4.69, 9.17) is 11.6 Å². The molecule has 0 radical (unpaired) electrons. The molecule has 31 heavy (non-hydrogen) atoms. The number of aryl methyl sites for hydroxylation is 2. The highest BCUT2D eigenvalue weighted by Gasteiger charge is 2.23. The Morgan fingerprint density at radius 1 is 1.16 bits per heavy atom. The average molecular weight is 442 g/mol. The number of halogens is 2. The minimum Gasteiger partial charge on any atom is -0.368 e. The number of pyridine rings is 1. The van der Waals surface area contributed by atoms with Crippen molar-refractivity contribution in [3.05, 3.63) is 47.1 Å². The first-order valence-electron chi connectivity index (χ1n) is 10.4. The second-order valence-electron chi connectivity index (χ2n) is 8.48. The van der Waals surface area contributed by atoms with E-state index in [-0.39, 0.29) is 0 Å². The van der Waals surface area contributed by atoms with Gasteiger partial charge < -0.3 is 19.9 Å². The van der Waals surface area contributed by atoms with Crippen LogP contribution >= 0.6 is 11.6 Å². The fraction of sp³-hybridized carbons (Fsp3) is 0.364. The number of aromatic nitrogens is 4. The quantitative estimate of drug-likeness (QED) is 0.497. The third-order valence-electron chi connectivity index (χ3n) is 5.70. The third kappa shape index (κ3) is 3.59. The van der Waals surface area contributed by atoms with E-state index >= 15 is 0 Å². The number of piperazine rings is 1. The van der Waals surface area contributed by atoms with E-state index in [1.165, 1.54) is 6.07 Å². The van der Waals surface area contributed by atoms with Gasteiger partial charge in [0.1, 0.15) is 0 Å². The second kappa shape index (κ2) is 7.39. The Labute approximate surface area is 184 Å². The van der Waals surface area contributed by atoms with Gasteiger partial charge in [-0.1, -0.05) is 11.6 Å². The Balaban J connectivity index is 1.53. The number of hydrogen-bond acceptors (Lipinski definition) is 5. The van der Waals surface area contributed by atoms with E-state index in [2.05, 4.69) is 45.5 Å². The Hall–Kier alpha value is -2.84. The minimum atomic E-state index is -0.395. The number of fused-ring (bicyclic) bond motifs is 2. The van der Waals surface area contributed by atoms with Crippen molar-refractivity contribution in [2.24, 2.45) is 7.05 Å². The van der Waals surface area contributed by atoms with Crippen LogP contribution in [-0.4, -0.2) is 44.3 Å². The molecule has 0 unspecified atom stereocenters. The van der Waals surface area contributed by atoms with Gasteiger partial charge in [0.05, 0.1) is 27.3 Å². The van der Waals surface area contributed by atoms with E-state index in [0.29, 0.717) is 34.3 Å². The molecule has 1 fully saturated rings. The number of benzene rings is 1. The van der Waals surface area contributed by atoms with E-state index in [1.54, 1.807) is 21.5 Å². The molecule has 0 spiro atoms. The maximum absolute atomic E-state index is 14.5. The van der Waals surface area contributed by atoms with Gasteiger partial charge in [0.15, 0.2) is 17.3 Å². The Bertz CT molecular complexity index is 1280. The van der Waals surface area contributed by atoms with Crippen molar-refractivity contribution in [2.75, 3.05) is 23.3 Å². The standard InChI is InChI=1S/C22H25ClFN7/c1-12-8-30(9-13(2)25-12)16-6-17(23)20-19(7-16)29(4)28-21(20)27-15-5-18(24)22-26-14(3)10-31(22)11-15/h5-7,10-13,25H,8-9H2,1-4H3,(H,27,28)/t12-,13-/m0/s1. The van der Waals surface area contributed by atoms with Gasteiger partial charge in [0.25, 0.3) is 0 Å². The molecule has 4 aromatic rings. The molecule has 4 heterocycles. The summed E-state index contributed by atoms with van der Waals surface area (Å²) in [6.07, 6.45) is 3.58. The molecule has 1 aliphatic heterocycles. The maximum Gasteiger partial charge on any atom is 0.173 e. The van der Waals surface area contributed by atoms with Crippen LogP contribution in [0.15, 0.2) is 30.6 Å². The van der Waals surface area contributed by atoms with Crippen LogP contribution in [0.3, 0.4) is 0 Å². The zero-order chi connectivity index (χ0) is 21.9. The van der Waals surface area contributed by atoms with Crippen molar-refractivity contribution in [1.29, 1.82) is 0 Å².